The first-order chi connectivity index (χ1) is 9.31. The Morgan fingerprint density at radius 3 is 2.63 bits per heavy atom. The number of rotatable bonds is 3. The van der Waals surface area contributed by atoms with Crippen LogP contribution in [0.4, 0.5) is 5.82 Å². The fourth-order valence-electron chi connectivity index (χ4n) is 2.64. The lowest BCUT2D eigenvalue weighted by molar-refractivity contribution is 0.111. The zero-order valence-electron chi connectivity index (χ0n) is 10.9. The molecule has 0 spiro atoms. The minimum absolute atomic E-state index is 0.0864. The quantitative estimate of drug-likeness (QED) is 0.887. The highest BCUT2D eigenvalue weighted by molar-refractivity contribution is 5.75. The maximum Gasteiger partial charge on any atom is 0.145 e. The molecule has 1 aromatic carbocycles. The highest BCUT2D eigenvalue weighted by Gasteiger charge is 2.19. The number of nitrogens with one attached hydrogen (secondary N) is 1. The number of para-hydroxylation sites is 2. The average molecular weight is 257 g/mol. The number of nitrogens with zero attached hydrogens (tertiary/aromatic N) is 2. The average Bonchev–Trinajstić information content (AvgIpc) is 2.46. The maximum absolute atomic E-state index is 9.49. The molecule has 4 nitrogen and oxygen atoms in total. The van der Waals surface area contributed by atoms with Crippen molar-refractivity contribution in [2.24, 2.45) is 5.92 Å². The summed E-state index contributed by atoms with van der Waals surface area (Å²) in [6.45, 7) is 0.916. The highest BCUT2D eigenvalue weighted by atomic mass is 16.3. The van der Waals surface area contributed by atoms with E-state index in [9.17, 15) is 5.11 Å². The number of aliphatic hydroxyl groups excluding tert-OH is 1. The number of anilines is 1. The van der Waals surface area contributed by atoms with Crippen LogP contribution in [0, 0.1) is 5.92 Å². The first-order valence-electron chi connectivity index (χ1n) is 6.95. The molecule has 0 aliphatic heterocycles. The van der Waals surface area contributed by atoms with Gasteiger partial charge in [0.25, 0.3) is 0 Å². The zero-order valence-corrected chi connectivity index (χ0v) is 10.9. The molecule has 4 heteroatoms. The molecule has 1 aromatic heterocycles. The topological polar surface area (TPSA) is 58.0 Å². The molecule has 3 rings (SSSR count). The zero-order chi connectivity index (χ0) is 13.1. The summed E-state index contributed by atoms with van der Waals surface area (Å²) in [5, 5.41) is 12.9. The molecule has 1 aliphatic rings. The molecule has 1 aliphatic carbocycles. The maximum atomic E-state index is 9.49. The summed E-state index contributed by atoms with van der Waals surface area (Å²) in [4.78, 5) is 8.94. The van der Waals surface area contributed by atoms with Crippen molar-refractivity contribution in [3.8, 4) is 0 Å². The molecule has 100 valence electrons. The Balaban J connectivity index is 1.62. The van der Waals surface area contributed by atoms with Gasteiger partial charge in [0.05, 0.1) is 23.3 Å². The Labute approximate surface area is 112 Å². The summed E-state index contributed by atoms with van der Waals surface area (Å²) in [5.41, 5.74) is 1.85. The van der Waals surface area contributed by atoms with E-state index in [1.165, 1.54) is 0 Å². The molecule has 1 saturated carbocycles. The lowest BCUT2D eigenvalue weighted by Crippen LogP contribution is -2.23. The Hall–Kier alpha value is -1.68. The number of hydrogen-bond acceptors (Lipinski definition) is 4. The summed E-state index contributed by atoms with van der Waals surface area (Å²) in [6, 6.07) is 7.89. The van der Waals surface area contributed by atoms with Crippen molar-refractivity contribution in [1.82, 2.24) is 9.97 Å². The van der Waals surface area contributed by atoms with Crippen LogP contribution in [-0.4, -0.2) is 27.7 Å². The van der Waals surface area contributed by atoms with E-state index in [1.54, 1.807) is 6.20 Å². The molecule has 0 amide bonds. The van der Waals surface area contributed by atoms with E-state index in [4.69, 9.17) is 0 Å². The second-order valence-electron chi connectivity index (χ2n) is 5.30. The number of fused-ring (bicyclic) bond motifs is 1. The van der Waals surface area contributed by atoms with Gasteiger partial charge in [0.1, 0.15) is 5.82 Å². The van der Waals surface area contributed by atoms with E-state index in [1.807, 2.05) is 24.3 Å². The van der Waals surface area contributed by atoms with E-state index >= 15 is 0 Å². The third-order valence-corrected chi connectivity index (χ3v) is 3.84. The normalized spacial score (nSPS) is 23.4. The predicted octanol–water partition coefficient (Wildman–Crippen LogP) is 2.59. The summed E-state index contributed by atoms with van der Waals surface area (Å²) in [6.07, 6.45) is 5.74. The number of benzene rings is 1. The third kappa shape index (κ3) is 3.01. The van der Waals surface area contributed by atoms with E-state index in [0.717, 1.165) is 49.1 Å². The Bertz CT molecular complexity index is 550. The summed E-state index contributed by atoms with van der Waals surface area (Å²) >= 11 is 0. The minimum atomic E-state index is -0.0864. The van der Waals surface area contributed by atoms with Gasteiger partial charge in [-0.2, -0.15) is 0 Å². The molecule has 2 N–H and O–H groups in total. The molecule has 1 fully saturated rings. The second kappa shape index (κ2) is 5.53. The first kappa shape index (κ1) is 12.4. The van der Waals surface area contributed by atoms with Gasteiger partial charge in [-0.3, -0.25) is 4.98 Å². The molecule has 0 unspecified atom stereocenters. The lowest BCUT2D eigenvalue weighted by atomic mass is 9.87. The number of aromatic nitrogens is 2. The van der Waals surface area contributed by atoms with Crippen molar-refractivity contribution in [3.63, 3.8) is 0 Å². The van der Waals surface area contributed by atoms with Crippen LogP contribution in [0.1, 0.15) is 25.7 Å². The lowest BCUT2D eigenvalue weighted by Gasteiger charge is -2.25. The Morgan fingerprint density at radius 1 is 1.11 bits per heavy atom. The van der Waals surface area contributed by atoms with Gasteiger partial charge in [0.2, 0.25) is 0 Å². The van der Waals surface area contributed by atoms with Crippen molar-refractivity contribution >= 4 is 16.9 Å². The van der Waals surface area contributed by atoms with Crippen molar-refractivity contribution in [2.75, 3.05) is 11.9 Å². The van der Waals surface area contributed by atoms with Gasteiger partial charge < -0.3 is 10.4 Å². The van der Waals surface area contributed by atoms with Crippen LogP contribution < -0.4 is 5.32 Å². The van der Waals surface area contributed by atoms with Crippen LogP contribution in [0.3, 0.4) is 0 Å². The van der Waals surface area contributed by atoms with E-state index < -0.39 is 0 Å². The van der Waals surface area contributed by atoms with Crippen molar-refractivity contribution in [2.45, 2.75) is 31.8 Å². The summed E-state index contributed by atoms with van der Waals surface area (Å²) < 4.78 is 0. The highest BCUT2D eigenvalue weighted by Crippen LogP contribution is 2.24. The fourth-order valence-corrected chi connectivity index (χ4v) is 2.64. The van der Waals surface area contributed by atoms with Crippen LogP contribution in [-0.2, 0) is 0 Å². The molecule has 1 heterocycles. The van der Waals surface area contributed by atoms with Gasteiger partial charge in [0, 0.05) is 6.54 Å². The van der Waals surface area contributed by atoms with Crippen LogP contribution in [0.2, 0.25) is 0 Å². The minimum Gasteiger partial charge on any atom is -0.393 e. The fraction of sp³-hybridized carbons (Fsp3) is 0.467. The molecule has 0 atom stereocenters. The molecule has 2 aromatic rings. The van der Waals surface area contributed by atoms with Crippen molar-refractivity contribution < 1.29 is 5.11 Å². The van der Waals surface area contributed by atoms with Crippen molar-refractivity contribution in [1.29, 1.82) is 0 Å². The number of hydrogen-bond donors (Lipinski definition) is 2. The van der Waals surface area contributed by atoms with E-state index in [2.05, 4.69) is 15.3 Å². The van der Waals surface area contributed by atoms with Gasteiger partial charge in [-0.05, 0) is 43.7 Å². The standard InChI is InChI=1S/C15H19N3O/c19-12-7-5-11(6-8-12)9-17-15-10-16-13-3-1-2-4-14(13)18-15/h1-4,10-12,19H,5-9H2,(H,17,18). The summed E-state index contributed by atoms with van der Waals surface area (Å²) in [7, 11) is 0. The second-order valence-corrected chi connectivity index (χ2v) is 5.30. The third-order valence-electron chi connectivity index (χ3n) is 3.84. The molecular weight excluding hydrogens is 238 g/mol. The Kier molecular flexibility index (Phi) is 3.60. The van der Waals surface area contributed by atoms with E-state index in [0.29, 0.717) is 5.92 Å². The van der Waals surface area contributed by atoms with Gasteiger partial charge >= 0.3 is 0 Å². The van der Waals surface area contributed by atoms with E-state index in [-0.39, 0.29) is 6.10 Å². The smallest absolute Gasteiger partial charge is 0.145 e. The molecule has 0 bridgehead atoms. The Morgan fingerprint density at radius 2 is 1.84 bits per heavy atom. The van der Waals surface area contributed by atoms with Crippen LogP contribution in [0.25, 0.3) is 11.0 Å². The summed E-state index contributed by atoms with van der Waals surface area (Å²) in [5.74, 6) is 1.47. The molecule has 0 radical (unpaired) electrons. The predicted molar refractivity (Wildman–Crippen MR) is 76.0 cm³/mol. The van der Waals surface area contributed by atoms with Gasteiger partial charge in [0.15, 0.2) is 0 Å². The van der Waals surface area contributed by atoms with Crippen LogP contribution in [0.5, 0.6) is 0 Å². The van der Waals surface area contributed by atoms with Crippen molar-refractivity contribution in [3.05, 3.63) is 30.5 Å². The molecular formula is C15H19N3O. The van der Waals surface area contributed by atoms with Gasteiger partial charge in [-0.25, -0.2) is 4.98 Å². The van der Waals surface area contributed by atoms with Crippen LogP contribution >= 0.6 is 0 Å². The first-order valence-corrected chi connectivity index (χ1v) is 6.95. The van der Waals surface area contributed by atoms with Crippen LogP contribution in [0.15, 0.2) is 30.5 Å². The monoisotopic (exact) mass is 257 g/mol. The molecule has 19 heavy (non-hydrogen) atoms. The number of aliphatic hydroxyl groups is 1. The van der Waals surface area contributed by atoms with Gasteiger partial charge in [-0.1, -0.05) is 12.1 Å². The largest absolute Gasteiger partial charge is 0.393 e. The SMILES string of the molecule is OC1CCC(CNc2cnc3ccccc3n2)CC1. The molecule has 0 saturated heterocycles. The van der Waals surface area contributed by atoms with Gasteiger partial charge in [-0.15, -0.1) is 0 Å².